The van der Waals surface area contributed by atoms with Crippen LogP contribution in [0.25, 0.3) is 0 Å². The monoisotopic (exact) mass is 292 g/mol. The van der Waals surface area contributed by atoms with Crippen LogP contribution in [0.2, 0.25) is 5.15 Å². The topological polar surface area (TPSA) is 71.9 Å². The number of carboxylic acids is 1. The van der Waals surface area contributed by atoms with Crippen molar-refractivity contribution in [3.63, 3.8) is 0 Å². The van der Waals surface area contributed by atoms with Crippen molar-refractivity contribution < 1.29 is 19.4 Å². The first-order valence-electron chi connectivity index (χ1n) is 5.27. The van der Waals surface area contributed by atoms with Crippen LogP contribution in [0, 0.1) is 0 Å². The predicted octanol–water partition coefficient (Wildman–Crippen LogP) is 1.34. The molecule has 1 saturated heterocycles. The molecule has 0 aliphatic carbocycles. The van der Waals surface area contributed by atoms with Crippen molar-refractivity contribution in [3.05, 3.63) is 10.0 Å². The Morgan fingerprint density at radius 1 is 1.44 bits per heavy atom. The van der Waals surface area contributed by atoms with Crippen molar-refractivity contribution in [2.45, 2.75) is 12.2 Å². The summed E-state index contributed by atoms with van der Waals surface area (Å²) in [7, 11) is 3.25. The van der Waals surface area contributed by atoms with Crippen LogP contribution in [-0.4, -0.2) is 55.6 Å². The Hall–Kier alpha value is -0.890. The number of carboxylic acid groups (broad SMARTS) is 1. The molecule has 8 heteroatoms. The molecule has 2 atom stereocenters. The molecule has 6 nitrogen and oxygen atoms in total. The largest absolute Gasteiger partial charge is 0.477 e. The number of hydrogen-bond acceptors (Lipinski definition) is 6. The van der Waals surface area contributed by atoms with E-state index in [0.29, 0.717) is 18.2 Å². The fourth-order valence-electron chi connectivity index (χ4n) is 1.91. The second-order valence-corrected chi connectivity index (χ2v) is 5.21. The fourth-order valence-corrected chi connectivity index (χ4v) is 3.05. The lowest BCUT2D eigenvalue weighted by atomic mass is 10.3. The molecule has 2 heterocycles. The van der Waals surface area contributed by atoms with Gasteiger partial charge in [-0.1, -0.05) is 22.9 Å². The van der Waals surface area contributed by atoms with Gasteiger partial charge in [-0.05, 0) is 0 Å². The highest BCUT2D eigenvalue weighted by molar-refractivity contribution is 7.18. The van der Waals surface area contributed by atoms with Gasteiger partial charge in [0.1, 0.15) is 12.2 Å². The normalized spacial score (nSPS) is 23.6. The highest BCUT2D eigenvalue weighted by Crippen LogP contribution is 2.32. The molecular weight excluding hydrogens is 280 g/mol. The molecule has 2 rings (SSSR count). The maximum Gasteiger partial charge on any atom is 0.349 e. The number of halogens is 1. The predicted molar refractivity (Wildman–Crippen MR) is 67.9 cm³/mol. The van der Waals surface area contributed by atoms with Crippen LogP contribution in [0.15, 0.2) is 0 Å². The van der Waals surface area contributed by atoms with Crippen molar-refractivity contribution in [1.29, 1.82) is 0 Å². The molecule has 0 aromatic carbocycles. The van der Waals surface area contributed by atoms with Gasteiger partial charge in [0.15, 0.2) is 15.2 Å². The number of carbonyl (C=O) groups is 1. The Kier molecular flexibility index (Phi) is 4.06. The van der Waals surface area contributed by atoms with Gasteiger partial charge < -0.3 is 19.5 Å². The number of nitrogens with zero attached hydrogens (tertiary/aromatic N) is 2. The van der Waals surface area contributed by atoms with E-state index < -0.39 is 5.97 Å². The Bertz CT molecular complexity index is 441. The van der Waals surface area contributed by atoms with E-state index in [1.165, 1.54) is 0 Å². The summed E-state index contributed by atoms with van der Waals surface area (Å²) in [4.78, 5) is 17.0. The number of thiazole rings is 1. The van der Waals surface area contributed by atoms with Gasteiger partial charge in [0.25, 0.3) is 0 Å². The Morgan fingerprint density at radius 3 is 2.39 bits per heavy atom. The van der Waals surface area contributed by atoms with Crippen LogP contribution >= 0.6 is 22.9 Å². The van der Waals surface area contributed by atoms with E-state index in [1.54, 1.807) is 14.2 Å². The lowest BCUT2D eigenvalue weighted by Crippen LogP contribution is -2.27. The summed E-state index contributed by atoms with van der Waals surface area (Å²) in [5.41, 5.74) is 0. The van der Waals surface area contributed by atoms with E-state index in [4.69, 9.17) is 26.2 Å². The zero-order chi connectivity index (χ0) is 13.3. The minimum Gasteiger partial charge on any atom is -0.477 e. The van der Waals surface area contributed by atoms with Gasteiger partial charge in [-0.15, -0.1) is 0 Å². The maximum atomic E-state index is 10.9. The summed E-state index contributed by atoms with van der Waals surface area (Å²) in [6.45, 7) is 1.22. The third kappa shape index (κ3) is 2.44. The highest BCUT2D eigenvalue weighted by atomic mass is 35.5. The van der Waals surface area contributed by atoms with Gasteiger partial charge in [0.05, 0.1) is 0 Å². The van der Waals surface area contributed by atoms with Crippen molar-refractivity contribution in [2.24, 2.45) is 0 Å². The molecular formula is C10H13ClN2O4S. The first kappa shape index (κ1) is 13.5. The van der Waals surface area contributed by atoms with Crippen LogP contribution in [0.3, 0.4) is 0 Å². The average molecular weight is 293 g/mol. The number of methoxy groups -OCH3 is 2. The minimum atomic E-state index is -1.06. The lowest BCUT2D eigenvalue weighted by molar-refractivity contribution is -0.00461. The number of aromatic carboxylic acids is 1. The molecule has 18 heavy (non-hydrogen) atoms. The molecule has 1 aliphatic rings. The summed E-state index contributed by atoms with van der Waals surface area (Å²) in [6, 6.07) is 0. The summed E-state index contributed by atoms with van der Waals surface area (Å²) in [5, 5.41) is 9.54. The number of rotatable bonds is 4. The second kappa shape index (κ2) is 5.40. The number of ether oxygens (including phenoxy) is 2. The summed E-state index contributed by atoms with van der Waals surface area (Å²) in [5.74, 6) is -1.06. The smallest absolute Gasteiger partial charge is 0.349 e. The van der Waals surface area contributed by atoms with Crippen molar-refractivity contribution >= 4 is 34.0 Å². The Balaban J connectivity index is 2.18. The molecule has 0 amide bonds. The standard InChI is InChI=1S/C10H13ClN2O4S/c1-16-5-3-13(4-6(5)17-2)10-12-8(11)7(18-10)9(14)15/h5-6H,3-4H2,1-2H3,(H,14,15). The zero-order valence-electron chi connectivity index (χ0n) is 9.92. The Labute approximate surface area is 113 Å². The van der Waals surface area contributed by atoms with E-state index in [2.05, 4.69) is 4.98 Å². The van der Waals surface area contributed by atoms with Crippen LogP contribution in [-0.2, 0) is 9.47 Å². The molecule has 1 aliphatic heterocycles. The minimum absolute atomic E-state index is 0.0253. The van der Waals surface area contributed by atoms with Crippen LogP contribution < -0.4 is 4.90 Å². The SMILES string of the molecule is COC1CN(c2nc(Cl)c(C(=O)O)s2)CC1OC. The third-order valence-corrected chi connectivity index (χ3v) is 4.35. The summed E-state index contributed by atoms with van der Waals surface area (Å²) >= 11 is 6.85. The molecule has 1 fully saturated rings. The maximum absolute atomic E-state index is 10.9. The highest BCUT2D eigenvalue weighted by Gasteiger charge is 2.35. The molecule has 2 unspecified atom stereocenters. The summed E-state index contributed by atoms with van der Waals surface area (Å²) < 4.78 is 10.6. The van der Waals surface area contributed by atoms with Gasteiger partial charge >= 0.3 is 5.97 Å². The second-order valence-electron chi connectivity index (χ2n) is 3.87. The zero-order valence-corrected chi connectivity index (χ0v) is 11.5. The van der Waals surface area contributed by atoms with Crippen molar-refractivity contribution in [1.82, 2.24) is 4.98 Å². The summed E-state index contributed by atoms with van der Waals surface area (Å²) in [6.07, 6.45) is -0.100. The van der Waals surface area contributed by atoms with Gasteiger partial charge in [-0.25, -0.2) is 9.78 Å². The first-order valence-corrected chi connectivity index (χ1v) is 6.46. The van der Waals surface area contributed by atoms with Crippen LogP contribution in [0.5, 0.6) is 0 Å². The van der Waals surface area contributed by atoms with Gasteiger partial charge in [-0.2, -0.15) is 0 Å². The van der Waals surface area contributed by atoms with E-state index in [0.717, 1.165) is 11.3 Å². The molecule has 1 aromatic heterocycles. The van der Waals surface area contributed by atoms with Crippen LogP contribution in [0.1, 0.15) is 9.67 Å². The van der Waals surface area contributed by atoms with E-state index in [9.17, 15) is 4.79 Å². The lowest BCUT2D eigenvalue weighted by Gasteiger charge is -2.13. The Morgan fingerprint density at radius 2 is 2.00 bits per heavy atom. The van der Waals surface area contributed by atoms with E-state index in [1.807, 2.05) is 4.90 Å². The average Bonchev–Trinajstić information content (AvgIpc) is 2.91. The third-order valence-electron chi connectivity index (χ3n) is 2.86. The first-order chi connectivity index (χ1) is 8.56. The van der Waals surface area contributed by atoms with Gasteiger partial charge in [-0.3, -0.25) is 0 Å². The fraction of sp³-hybridized carbons (Fsp3) is 0.600. The van der Waals surface area contributed by atoms with Crippen molar-refractivity contribution in [3.8, 4) is 0 Å². The number of hydrogen-bond donors (Lipinski definition) is 1. The molecule has 100 valence electrons. The van der Waals surface area contributed by atoms with Crippen molar-refractivity contribution in [2.75, 3.05) is 32.2 Å². The van der Waals surface area contributed by atoms with Gasteiger partial charge in [0.2, 0.25) is 0 Å². The molecule has 0 bridgehead atoms. The molecule has 1 N–H and O–H groups in total. The number of anilines is 1. The number of aromatic nitrogens is 1. The molecule has 0 saturated carbocycles. The molecule has 0 radical (unpaired) electrons. The van der Waals surface area contributed by atoms with Gasteiger partial charge in [0, 0.05) is 27.3 Å². The molecule has 1 aromatic rings. The van der Waals surface area contributed by atoms with Crippen LogP contribution in [0.4, 0.5) is 5.13 Å². The van der Waals surface area contributed by atoms with E-state index in [-0.39, 0.29) is 22.2 Å². The quantitative estimate of drug-likeness (QED) is 0.903. The van der Waals surface area contributed by atoms with E-state index >= 15 is 0 Å². The molecule has 0 spiro atoms.